The first-order valence-electron chi connectivity index (χ1n) is 6.52. The number of aliphatic hydroxyl groups is 1. The normalized spacial score (nSPS) is 12.4. The summed E-state index contributed by atoms with van der Waals surface area (Å²) in [6.07, 6.45) is 1.19. The highest BCUT2D eigenvalue weighted by Crippen LogP contribution is 2.27. The molecule has 0 atom stereocenters. The largest absolute Gasteiger partial charge is 0.399 e. The highest BCUT2D eigenvalue weighted by molar-refractivity contribution is 7.89. The van der Waals surface area contributed by atoms with Gasteiger partial charge in [-0.3, -0.25) is 0 Å². The molecule has 1 aromatic rings. The van der Waals surface area contributed by atoms with E-state index in [1.165, 1.54) is 6.07 Å². The van der Waals surface area contributed by atoms with Crippen LogP contribution in [-0.4, -0.2) is 25.7 Å². The van der Waals surface area contributed by atoms with Crippen molar-refractivity contribution in [2.75, 3.05) is 17.6 Å². The molecule has 114 valence electrons. The van der Waals surface area contributed by atoms with Crippen molar-refractivity contribution in [2.45, 2.75) is 44.1 Å². The third-order valence-corrected chi connectivity index (χ3v) is 4.65. The molecule has 0 bridgehead atoms. The summed E-state index contributed by atoms with van der Waals surface area (Å²) < 4.78 is 23.0. The van der Waals surface area contributed by atoms with Gasteiger partial charge < -0.3 is 16.2 Å². The highest BCUT2D eigenvalue weighted by Gasteiger charge is 2.23. The van der Waals surface area contributed by atoms with Crippen molar-refractivity contribution in [3.05, 3.63) is 17.7 Å². The Morgan fingerprint density at radius 2 is 1.85 bits per heavy atom. The lowest BCUT2D eigenvalue weighted by Crippen LogP contribution is -2.35. The summed E-state index contributed by atoms with van der Waals surface area (Å²) in [5.74, 6) is 0. The minimum absolute atomic E-state index is 0.00321. The molecule has 0 amide bonds. The second-order valence-electron chi connectivity index (χ2n) is 5.02. The Morgan fingerprint density at radius 3 is 2.30 bits per heavy atom. The van der Waals surface area contributed by atoms with Crippen LogP contribution < -0.4 is 16.2 Å². The lowest BCUT2D eigenvalue weighted by molar-refractivity contribution is 0.0457. The number of benzene rings is 1. The average Bonchev–Trinajstić information content (AvgIpc) is 2.37. The summed E-state index contributed by atoms with van der Waals surface area (Å²) in [6.45, 7) is 5.76. The lowest BCUT2D eigenvalue weighted by atomic mass is 9.97. The fourth-order valence-corrected chi connectivity index (χ4v) is 2.78. The Hall–Kier alpha value is -1.31. The third-order valence-electron chi connectivity index (χ3n) is 3.61. The van der Waals surface area contributed by atoms with Crippen LogP contribution in [0, 0.1) is 6.92 Å². The summed E-state index contributed by atoms with van der Waals surface area (Å²) in [6, 6.07) is 2.97. The molecule has 0 saturated heterocycles. The van der Waals surface area contributed by atoms with Gasteiger partial charge in [-0.1, -0.05) is 13.8 Å². The monoisotopic (exact) mass is 301 g/mol. The van der Waals surface area contributed by atoms with Crippen molar-refractivity contribution in [3.63, 3.8) is 0 Å². The van der Waals surface area contributed by atoms with E-state index in [-0.39, 0.29) is 4.90 Å². The number of nitrogens with one attached hydrogen (secondary N) is 1. The Bertz CT molecular complexity index is 581. The van der Waals surface area contributed by atoms with Crippen LogP contribution in [0.3, 0.4) is 0 Å². The first-order valence-corrected chi connectivity index (χ1v) is 8.06. The second kappa shape index (κ2) is 5.99. The van der Waals surface area contributed by atoms with Crippen LogP contribution >= 0.6 is 0 Å². The molecule has 0 saturated carbocycles. The van der Waals surface area contributed by atoms with Crippen LogP contribution in [0.5, 0.6) is 0 Å². The Morgan fingerprint density at radius 1 is 1.30 bits per heavy atom. The molecule has 7 heteroatoms. The maximum atomic E-state index is 11.5. The average molecular weight is 301 g/mol. The summed E-state index contributed by atoms with van der Waals surface area (Å²) >= 11 is 0. The first-order chi connectivity index (χ1) is 9.13. The molecular formula is C13H23N3O3S. The number of nitrogens with two attached hydrogens (primary N) is 2. The molecule has 0 unspecified atom stereocenters. The molecule has 0 aliphatic heterocycles. The number of primary sulfonamides is 1. The van der Waals surface area contributed by atoms with E-state index in [0.29, 0.717) is 36.3 Å². The van der Waals surface area contributed by atoms with Crippen molar-refractivity contribution in [1.82, 2.24) is 0 Å². The number of hydrogen-bond donors (Lipinski definition) is 4. The third kappa shape index (κ3) is 3.84. The minimum Gasteiger partial charge on any atom is -0.399 e. The molecule has 20 heavy (non-hydrogen) atoms. The van der Waals surface area contributed by atoms with E-state index in [2.05, 4.69) is 5.32 Å². The summed E-state index contributed by atoms with van der Waals surface area (Å²) in [5, 5.41) is 18.5. The van der Waals surface area contributed by atoms with Crippen molar-refractivity contribution in [2.24, 2.45) is 5.14 Å². The zero-order valence-corrected chi connectivity index (χ0v) is 12.9. The molecule has 0 aromatic heterocycles. The zero-order valence-electron chi connectivity index (χ0n) is 12.1. The fourth-order valence-electron chi connectivity index (χ4n) is 1.95. The number of sulfonamides is 1. The van der Waals surface area contributed by atoms with Gasteiger partial charge in [0, 0.05) is 17.9 Å². The van der Waals surface area contributed by atoms with E-state index in [4.69, 9.17) is 10.9 Å². The molecule has 0 aliphatic rings. The Kier molecular flexibility index (Phi) is 5.01. The highest BCUT2D eigenvalue weighted by atomic mass is 32.2. The summed E-state index contributed by atoms with van der Waals surface area (Å²) in [4.78, 5) is -0.00321. The molecular weight excluding hydrogens is 278 g/mol. The van der Waals surface area contributed by atoms with Gasteiger partial charge in [-0.2, -0.15) is 0 Å². The minimum atomic E-state index is -3.83. The number of anilines is 2. The quantitative estimate of drug-likeness (QED) is 0.588. The van der Waals surface area contributed by atoms with E-state index in [1.807, 2.05) is 13.8 Å². The number of nitrogen functional groups attached to an aromatic ring is 1. The van der Waals surface area contributed by atoms with E-state index in [1.54, 1.807) is 13.0 Å². The summed E-state index contributed by atoms with van der Waals surface area (Å²) in [7, 11) is -3.83. The van der Waals surface area contributed by atoms with Gasteiger partial charge in [0.2, 0.25) is 10.0 Å². The maximum Gasteiger partial charge on any atom is 0.238 e. The van der Waals surface area contributed by atoms with Gasteiger partial charge in [0.15, 0.2) is 0 Å². The second-order valence-corrected chi connectivity index (χ2v) is 6.55. The Balaban J connectivity index is 3.12. The van der Waals surface area contributed by atoms with Crippen LogP contribution in [-0.2, 0) is 10.0 Å². The molecule has 1 rings (SSSR count). The molecule has 0 heterocycles. The van der Waals surface area contributed by atoms with Gasteiger partial charge in [-0.25, -0.2) is 13.6 Å². The van der Waals surface area contributed by atoms with Crippen LogP contribution in [0.15, 0.2) is 17.0 Å². The van der Waals surface area contributed by atoms with Crippen LogP contribution in [0.2, 0.25) is 0 Å². The smallest absolute Gasteiger partial charge is 0.238 e. The van der Waals surface area contributed by atoms with Crippen molar-refractivity contribution >= 4 is 21.4 Å². The molecule has 6 nitrogen and oxygen atoms in total. The van der Waals surface area contributed by atoms with Crippen molar-refractivity contribution in [3.8, 4) is 0 Å². The molecule has 6 N–H and O–H groups in total. The van der Waals surface area contributed by atoms with Gasteiger partial charge in [0.1, 0.15) is 0 Å². The standard InChI is InChI=1S/C13H23N3O3S/c1-4-13(17,5-2)8-16-11-6-10(14)7-12(9(11)3)20(15,18)19/h6-7,16-17H,4-5,8,14H2,1-3H3,(H2,15,18,19). The lowest BCUT2D eigenvalue weighted by Gasteiger charge is -2.26. The SMILES string of the molecule is CCC(O)(CC)CNc1cc(N)cc(S(N)(=O)=O)c1C. The first kappa shape index (κ1) is 16.7. The van der Waals surface area contributed by atoms with Gasteiger partial charge in [0.25, 0.3) is 0 Å². The van der Waals surface area contributed by atoms with Crippen molar-refractivity contribution < 1.29 is 13.5 Å². The van der Waals surface area contributed by atoms with E-state index in [9.17, 15) is 13.5 Å². The van der Waals surface area contributed by atoms with Crippen LogP contribution in [0.1, 0.15) is 32.3 Å². The van der Waals surface area contributed by atoms with Gasteiger partial charge >= 0.3 is 0 Å². The predicted octanol–water partition coefficient (Wildman–Crippen LogP) is 1.19. The Labute approximate surface area is 120 Å². The molecule has 0 fully saturated rings. The van der Waals surface area contributed by atoms with Crippen LogP contribution in [0.25, 0.3) is 0 Å². The van der Waals surface area contributed by atoms with Gasteiger partial charge in [0.05, 0.1) is 10.5 Å². The van der Waals surface area contributed by atoms with E-state index in [0.717, 1.165) is 0 Å². The van der Waals surface area contributed by atoms with E-state index < -0.39 is 15.6 Å². The van der Waals surface area contributed by atoms with Gasteiger partial charge in [-0.15, -0.1) is 0 Å². The fraction of sp³-hybridized carbons (Fsp3) is 0.538. The van der Waals surface area contributed by atoms with Gasteiger partial charge in [-0.05, 0) is 37.5 Å². The van der Waals surface area contributed by atoms with E-state index >= 15 is 0 Å². The topological polar surface area (TPSA) is 118 Å². The van der Waals surface area contributed by atoms with Crippen molar-refractivity contribution in [1.29, 1.82) is 0 Å². The predicted molar refractivity (Wildman–Crippen MR) is 81.0 cm³/mol. The number of hydrogen-bond acceptors (Lipinski definition) is 5. The van der Waals surface area contributed by atoms with Crippen LogP contribution in [0.4, 0.5) is 11.4 Å². The molecule has 0 spiro atoms. The maximum absolute atomic E-state index is 11.5. The zero-order chi connectivity index (χ0) is 15.6. The summed E-state index contributed by atoms with van der Waals surface area (Å²) in [5.41, 5.74) is 6.24. The molecule has 0 radical (unpaired) electrons. The molecule has 1 aromatic carbocycles. The number of rotatable bonds is 6. The molecule has 0 aliphatic carbocycles.